The van der Waals surface area contributed by atoms with E-state index in [1.54, 1.807) is 0 Å². The minimum absolute atomic E-state index is 0.175. The van der Waals surface area contributed by atoms with Crippen LogP contribution in [0, 0.1) is 6.92 Å². The van der Waals surface area contributed by atoms with E-state index in [1.165, 1.54) is 39.5 Å². The third-order valence-electron chi connectivity index (χ3n) is 3.54. The summed E-state index contributed by atoms with van der Waals surface area (Å²) < 4.78 is 0. The first-order valence-corrected chi connectivity index (χ1v) is 7.17. The molecule has 0 bridgehead atoms. The fourth-order valence-corrected chi connectivity index (χ4v) is 3.81. The summed E-state index contributed by atoms with van der Waals surface area (Å²) >= 11 is 1.86. The number of pyridine rings is 1. The van der Waals surface area contributed by atoms with Crippen molar-refractivity contribution in [3.05, 3.63) is 45.2 Å². The number of thiazole rings is 1. The number of hydrogen-bond donors (Lipinski definition) is 1. The van der Waals surface area contributed by atoms with Gasteiger partial charge in [0.1, 0.15) is 5.01 Å². The molecule has 1 N–H and O–H groups in total. The van der Waals surface area contributed by atoms with E-state index >= 15 is 0 Å². The monoisotopic (exact) mass is 259 g/mol. The molecule has 0 aromatic carbocycles. The molecule has 1 unspecified atom stereocenters. The van der Waals surface area contributed by atoms with Gasteiger partial charge in [0.25, 0.3) is 0 Å². The second kappa shape index (κ2) is 4.78. The smallest absolute Gasteiger partial charge is 0.115 e. The number of rotatable bonds is 3. The van der Waals surface area contributed by atoms with Gasteiger partial charge in [0, 0.05) is 17.3 Å². The van der Waals surface area contributed by atoms with Gasteiger partial charge in [-0.3, -0.25) is 4.98 Å². The summed E-state index contributed by atoms with van der Waals surface area (Å²) in [4.78, 5) is 10.5. The average Bonchev–Trinajstić information content (AvgIpc) is 2.93. The highest BCUT2D eigenvalue weighted by Crippen LogP contribution is 2.33. The van der Waals surface area contributed by atoms with Crippen LogP contribution in [0.5, 0.6) is 0 Å². The molecule has 2 aromatic heterocycles. The Kier molecular flexibility index (Phi) is 3.14. The minimum Gasteiger partial charge on any atom is -0.307 e. The lowest BCUT2D eigenvalue weighted by Gasteiger charge is -2.15. The quantitative estimate of drug-likeness (QED) is 0.921. The van der Waals surface area contributed by atoms with Gasteiger partial charge in [0.15, 0.2) is 0 Å². The fourth-order valence-electron chi connectivity index (χ4n) is 2.52. The molecule has 0 saturated carbocycles. The third-order valence-corrected chi connectivity index (χ3v) is 4.76. The van der Waals surface area contributed by atoms with Crippen molar-refractivity contribution in [1.29, 1.82) is 0 Å². The van der Waals surface area contributed by atoms with Crippen LogP contribution in [0.2, 0.25) is 0 Å². The lowest BCUT2D eigenvalue weighted by Crippen LogP contribution is -2.18. The summed E-state index contributed by atoms with van der Waals surface area (Å²) in [5, 5.41) is 4.55. The van der Waals surface area contributed by atoms with Crippen molar-refractivity contribution in [1.82, 2.24) is 15.3 Å². The molecule has 18 heavy (non-hydrogen) atoms. The van der Waals surface area contributed by atoms with E-state index in [4.69, 9.17) is 4.98 Å². The van der Waals surface area contributed by atoms with Crippen LogP contribution in [0.4, 0.5) is 0 Å². The molecule has 0 amide bonds. The van der Waals surface area contributed by atoms with Crippen LogP contribution >= 0.6 is 11.3 Å². The minimum atomic E-state index is 0.175. The van der Waals surface area contributed by atoms with Crippen molar-refractivity contribution in [2.75, 3.05) is 7.05 Å². The standard InChI is InChI=1S/C14H17N3S/c1-9-6-7-16-8-10(9)13(15-2)14-17-11-4-3-5-12(11)18-14/h6-8,13,15H,3-5H2,1-2H3. The second-order valence-corrected chi connectivity index (χ2v) is 5.84. The van der Waals surface area contributed by atoms with Crippen molar-refractivity contribution in [3.63, 3.8) is 0 Å². The summed E-state index contributed by atoms with van der Waals surface area (Å²) in [6.07, 6.45) is 7.41. The molecule has 4 heteroatoms. The number of aromatic nitrogens is 2. The first kappa shape index (κ1) is 11.8. The highest BCUT2D eigenvalue weighted by molar-refractivity contribution is 7.11. The lowest BCUT2D eigenvalue weighted by molar-refractivity contribution is 0.675. The zero-order valence-corrected chi connectivity index (χ0v) is 11.5. The molecule has 2 aromatic rings. The molecule has 3 rings (SSSR count). The predicted molar refractivity (Wildman–Crippen MR) is 74.0 cm³/mol. The first-order chi connectivity index (χ1) is 8.79. The van der Waals surface area contributed by atoms with E-state index < -0.39 is 0 Å². The SMILES string of the molecule is CNC(c1nc2c(s1)CCC2)c1cnccc1C. The van der Waals surface area contributed by atoms with E-state index in [0.717, 1.165) is 6.42 Å². The van der Waals surface area contributed by atoms with E-state index in [-0.39, 0.29) is 6.04 Å². The van der Waals surface area contributed by atoms with Crippen LogP contribution in [-0.4, -0.2) is 17.0 Å². The second-order valence-electron chi connectivity index (χ2n) is 4.73. The zero-order chi connectivity index (χ0) is 12.5. The Balaban J connectivity index is 1.99. The summed E-state index contributed by atoms with van der Waals surface area (Å²) in [5.41, 5.74) is 3.81. The molecule has 1 aliphatic carbocycles. The van der Waals surface area contributed by atoms with Gasteiger partial charge in [-0.05, 0) is 50.4 Å². The summed E-state index contributed by atoms with van der Waals surface area (Å²) in [6.45, 7) is 2.13. The van der Waals surface area contributed by atoms with E-state index in [2.05, 4.69) is 23.3 Å². The maximum Gasteiger partial charge on any atom is 0.115 e. The van der Waals surface area contributed by atoms with Gasteiger partial charge in [0.2, 0.25) is 0 Å². The van der Waals surface area contributed by atoms with Crippen LogP contribution in [0.1, 0.15) is 39.2 Å². The maximum atomic E-state index is 4.81. The van der Waals surface area contributed by atoms with Crippen LogP contribution in [0.3, 0.4) is 0 Å². The highest BCUT2D eigenvalue weighted by atomic mass is 32.1. The molecule has 0 fully saturated rings. The number of nitrogens with zero attached hydrogens (tertiary/aromatic N) is 2. The third kappa shape index (κ3) is 1.95. The van der Waals surface area contributed by atoms with Gasteiger partial charge in [-0.2, -0.15) is 0 Å². The molecule has 94 valence electrons. The Morgan fingerprint density at radius 1 is 1.39 bits per heavy atom. The van der Waals surface area contributed by atoms with Gasteiger partial charge < -0.3 is 5.32 Å². The van der Waals surface area contributed by atoms with E-state index in [1.807, 2.05) is 30.8 Å². The Morgan fingerprint density at radius 3 is 3.00 bits per heavy atom. The molecular weight excluding hydrogens is 242 g/mol. The van der Waals surface area contributed by atoms with Gasteiger partial charge in [-0.1, -0.05) is 0 Å². The van der Waals surface area contributed by atoms with Crippen molar-refractivity contribution in [2.45, 2.75) is 32.2 Å². The Morgan fingerprint density at radius 2 is 2.28 bits per heavy atom. The summed E-state index contributed by atoms with van der Waals surface area (Å²) in [5.74, 6) is 0. The molecule has 1 aliphatic rings. The first-order valence-electron chi connectivity index (χ1n) is 6.36. The average molecular weight is 259 g/mol. The predicted octanol–water partition coefficient (Wildman–Crippen LogP) is 2.64. The molecule has 0 aliphatic heterocycles. The van der Waals surface area contributed by atoms with E-state index in [9.17, 15) is 0 Å². The zero-order valence-electron chi connectivity index (χ0n) is 10.7. The topological polar surface area (TPSA) is 37.8 Å². The maximum absolute atomic E-state index is 4.81. The Bertz CT molecular complexity index is 540. The molecule has 0 saturated heterocycles. The molecular formula is C14H17N3S. The summed E-state index contributed by atoms with van der Waals surface area (Å²) in [7, 11) is 1.99. The normalized spacial score (nSPS) is 15.7. The molecule has 0 spiro atoms. The largest absolute Gasteiger partial charge is 0.307 e. The summed E-state index contributed by atoms with van der Waals surface area (Å²) in [6, 6.07) is 2.23. The Labute approximate surface area is 111 Å². The van der Waals surface area contributed by atoms with Gasteiger partial charge in [-0.15, -0.1) is 11.3 Å². The van der Waals surface area contributed by atoms with Crippen molar-refractivity contribution < 1.29 is 0 Å². The number of aryl methyl sites for hydroxylation is 3. The van der Waals surface area contributed by atoms with Gasteiger partial charge >= 0.3 is 0 Å². The number of fused-ring (bicyclic) bond motifs is 1. The van der Waals surface area contributed by atoms with Gasteiger partial charge in [0.05, 0.1) is 11.7 Å². The van der Waals surface area contributed by atoms with Crippen LogP contribution in [0.25, 0.3) is 0 Å². The van der Waals surface area contributed by atoms with Crippen LogP contribution < -0.4 is 5.32 Å². The van der Waals surface area contributed by atoms with Crippen molar-refractivity contribution in [2.24, 2.45) is 0 Å². The fraction of sp³-hybridized carbons (Fsp3) is 0.429. The molecule has 0 radical (unpaired) electrons. The van der Waals surface area contributed by atoms with Crippen LogP contribution in [0.15, 0.2) is 18.5 Å². The van der Waals surface area contributed by atoms with Crippen LogP contribution in [-0.2, 0) is 12.8 Å². The van der Waals surface area contributed by atoms with E-state index in [0.29, 0.717) is 0 Å². The number of hydrogen-bond acceptors (Lipinski definition) is 4. The highest BCUT2D eigenvalue weighted by Gasteiger charge is 2.23. The molecule has 2 heterocycles. The van der Waals surface area contributed by atoms with Gasteiger partial charge in [-0.25, -0.2) is 4.98 Å². The van der Waals surface area contributed by atoms with Crippen molar-refractivity contribution in [3.8, 4) is 0 Å². The molecule has 1 atom stereocenters. The lowest BCUT2D eigenvalue weighted by atomic mass is 10.0. The Hall–Kier alpha value is -1.26. The van der Waals surface area contributed by atoms with Crippen molar-refractivity contribution >= 4 is 11.3 Å². The molecule has 3 nitrogen and oxygen atoms in total. The number of nitrogens with one attached hydrogen (secondary N) is 1.